The smallest absolute Gasteiger partial charge is 0.123 e. The summed E-state index contributed by atoms with van der Waals surface area (Å²) >= 11 is 3.53. The van der Waals surface area contributed by atoms with E-state index in [-0.39, 0.29) is 0 Å². The SMILES string of the molecule is COC1CCCC(Oc2ccc(C)cc2CBr)C1. The highest BCUT2D eigenvalue weighted by molar-refractivity contribution is 9.08. The van der Waals surface area contributed by atoms with Crippen LogP contribution in [0.1, 0.15) is 36.8 Å². The number of hydrogen-bond donors (Lipinski definition) is 0. The van der Waals surface area contributed by atoms with Crippen LogP contribution in [0.2, 0.25) is 0 Å². The molecule has 2 atom stereocenters. The van der Waals surface area contributed by atoms with E-state index in [9.17, 15) is 0 Å². The summed E-state index contributed by atoms with van der Waals surface area (Å²) in [6.45, 7) is 2.11. The number of rotatable bonds is 4. The first-order valence-corrected chi connectivity index (χ1v) is 7.70. The van der Waals surface area contributed by atoms with E-state index in [1.807, 2.05) is 0 Å². The van der Waals surface area contributed by atoms with Crippen molar-refractivity contribution in [3.63, 3.8) is 0 Å². The Hall–Kier alpha value is -0.540. The van der Waals surface area contributed by atoms with Crippen molar-refractivity contribution in [2.45, 2.75) is 50.1 Å². The monoisotopic (exact) mass is 312 g/mol. The highest BCUT2D eigenvalue weighted by Gasteiger charge is 2.23. The fourth-order valence-corrected chi connectivity index (χ4v) is 2.97. The number of aryl methyl sites for hydroxylation is 1. The Balaban J connectivity index is 2.04. The van der Waals surface area contributed by atoms with Gasteiger partial charge in [0.25, 0.3) is 0 Å². The molecule has 0 heterocycles. The molecular formula is C15H21BrO2. The van der Waals surface area contributed by atoms with E-state index in [2.05, 4.69) is 41.1 Å². The lowest BCUT2D eigenvalue weighted by Gasteiger charge is -2.29. The molecule has 0 amide bonds. The maximum Gasteiger partial charge on any atom is 0.123 e. The molecule has 0 spiro atoms. The molecule has 2 unspecified atom stereocenters. The molecule has 18 heavy (non-hydrogen) atoms. The molecule has 2 nitrogen and oxygen atoms in total. The van der Waals surface area contributed by atoms with Crippen molar-refractivity contribution in [2.24, 2.45) is 0 Å². The first kappa shape index (κ1) is 13.9. The summed E-state index contributed by atoms with van der Waals surface area (Å²) < 4.78 is 11.6. The van der Waals surface area contributed by atoms with Gasteiger partial charge in [-0.3, -0.25) is 0 Å². The van der Waals surface area contributed by atoms with Crippen LogP contribution in [-0.4, -0.2) is 19.3 Å². The Kier molecular flexibility index (Phi) is 5.07. The molecule has 0 N–H and O–H groups in total. The summed E-state index contributed by atoms with van der Waals surface area (Å²) in [6.07, 6.45) is 5.15. The van der Waals surface area contributed by atoms with Crippen LogP contribution >= 0.6 is 15.9 Å². The van der Waals surface area contributed by atoms with Gasteiger partial charge in [0, 0.05) is 24.4 Å². The molecule has 2 rings (SSSR count). The van der Waals surface area contributed by atoms with Gasteiger partial charge < -0.3 is 9.47 Å². The van der Waals surface area contributed by atoms with Crippen LogP contribution in [0.4, 0.5) is 0 Å². The molecule has 1 aromatic carbocycles. The van der Waals surface area contributed by atoms with Crippen LogP contribution in [-0.2, 0) is 10.1 Å². The number of methoxy groups -OCH3 is 1. The van der Waals surface area contributed by atoms with Gasteiger partial charge in [-0.25, -0.2) is 0 Å². The highest BCUT2D eigenvalue weighted by atomic mass is 79.9. The zero-order valence-corrected chi connectivity index (χ0v) is 12.7. The van der Waals surface area contributed by atoms with Crippen molar-refractivity contribution in [3.05, 3.63) is 29.3 Å². The standard InChI is InChI=1S/C15H21BrO2/c1-11-6-7-15(12(8-11)10-16)18-14-5-3-4-13(9-14)17-2/h6-8,13-14H,3-5,9-10H2,1-2H3. The van der Waals surface area contributed by atoms with Gasteiger partial charge in [-0.1, -0.05) is 33.6 Å². The molecule has 1 aromatic rings. The van der Waals surface area contributed by atoms with Gasteiger partial charge >= 0.3 is 0 Å². The average molecular weight is 313 g/mol. The summed E-state index contributed by atoms with van der Waals surface area (Å²) in [7, 11) is 1.79. The lowest BCUT2D eigenvalue weighted by molar-refractivity contribution is 0.0207. The third kappa shape index (κ3) is 3.48. The minimum Gasteiger partial charge on any atom is -0.490 e. The quantitative estimate of drug-likeness (QED) is 0.775. The number of hydrogen-bond acceptors (Lipinski definition) is 2. The number of ether oxygens (including phenoxy) is 2. The first-order chi connectivity index (χ1) is 8.72. The Morgan fingerprint density at radius 2 is 2.06 bits per heavy atom. The molecule has 1 saturated carbocycles. The molecular weight excluding hydrogens is 292 g/mol. The lowest BCUT2D eigenvalue weighted by Crippen LogP contribution is -2.29. The zero-order valence-electron chi connectivity index (χ0n) is 11.1. The zero-order chi connectivity index (χ0) is 13.0. The summed E-state index contributed by atoms with van der Waals surface area (Å²) in [5.41, 5.74) is 2.50. The summed E-state index contributed by atoms with van der Waals surface area (Å²) in [5, 5.41) is 0.838. The van der Waals surface area contributed by atoms with Crippen LogP contribution < -0.4 is 4.74 Å². The number of alkyl halides is 1. The van der Waals surface area contributed by atoms with Gasteiger partial charge in [-0.2, -0.15) is 0 Å². The molecule has 1 fully saturated rings. The van der Waals surface area contributed by atoms with Crippen molar-refractivity contribution in [2.75, 3.05) is 7.11 Å². The van der Waals surface area contributed by atoms with E-state index in [1.54, 1.807) is 7.11 Å². The number of benzene rings is 1. The van der Waals surface area contributed by atoms with E-state index in [0.29, 0.717) is 12.2 Å². The lowest BCUT2D eigenvalue weighted by atomic mass is 9.95. The maximum absolute atomic E-state index is 6.15. The van der Waals surface area contributed by atoms with E-state index in [4.69, 9.17) is 9.47 Å². The van der Waals surface area contributed by atoms with Crippen molar-refractivity contribution in [3.8, 4) is 5.75 Å². The molecule has 1 aliphatic carbocycles. The molecule has 0 radical (unpaired) electrons. The maximum atomic E-state index is 6.15. The Bertz CT molecular complexity index is 392. The Morgan fingerprint density at radius 3 is 2.78 bits per heavy atom. The van der Waals surface area contributed by atoms with Crippen LogP contribution in [0.15, 0.2) is 18.2 Å². The van der Waals surface area contributed by atoms with E-state index >= 15 is 0 Å². The van der Waals surface area contributed by atoms with E-state index in [0.717, 1.165) is 30.3 Å². The van der Waals surface area contributed by atoms with Crippen LogP contribution in [0.5, 0.6) is 5.75 Å². The minimum atomic E-state index is 0.296. The largest absolute Gasteiger partial charge is 0.490 e. The summed E-state index contributed by atoms with van der Waals surface area (Å²) in [5.74, 6) is 1.01. The minimum absolute atomic E-state index is 0.296. The van der Waals surface area contributed by atoms with Gasteiger partial charge in [-0.05, 0) is 32.3 Å². The average Bonchev–Trinajstić information content (AvgIpc) is 2.41. The normalized spacial score (nSPS) is 23.9. The summed E-state index contributed by atoms with van der Waals surface area (Å²) in [4.78, 5) is 0. The van der Waals surface area contributed by atoms with Gasteiger partial charge in [0.05, 0.1) is 6.10 Å². The van der Waals surface area contributed by atoms with Crippen molar-refractivity contribution in [1.29, 1.82) is 0 Å². The number of halogens is 1. The van der Waals surface area contributed by atoms with Crippen molar-refractivity contribution >= 4 is 15.9 Å². The molecule has 3 heteroatoms. The van der Waals surface area contributed by atoms with E-state index < -0.39 is 0 Å². The second-order valence-corrected chi connectivity index (χ2v) is 5.57. The third-order valence-corrected chi connectivity index (χ3v) is 4.17. The molecule has 0 saturated heterocycles. The van der Waals surface area contributed by atoms with Gasteiger partial charge in [0.15, 0.2) is 0 Å². The second-order valence-electron chi connectivity index (χ2n) is 5.01. The van der Waals surface area contributed by atoms with E-state index in [1.165, 1.54) is 17.5 Å². The topological polar surface area (TPSA) is 18.5 Å². The van der Waals surface area contributed by atoms with Crippen molar-refractivity contribution < 1.29 is 9.47 Å². The molecule has 0 aliphatic heterocycles. The first-order valence-electron chi connectivity index (χ1n) is 6.58. The fourth-order valence-electron chi connectivity index (χ4n) is 2.53. The fraction of sp³-hybridized carbons (Fsp3) is 0.600. The van der Waals surface area contributed by atoms with Crippen LogP contribution in [0, 0.1) is 6.92 Å². The molecule has 1 aliphatic rings. The molecule has 100 valence electrons. The van der Waals surface area contributed by atoms with Crippen molar-refractivity contribution in [1.82, 2.24) is 0 Å². The van der Waals surface area contributed by atoms with Gasteiger partial charge in [-0.15, -0.1) is 0 Å². The highest BCUT2D eigenvalue weighted by Crippen LogP contribution is 2.28. The molecule has 0 aromatic heterocycles. The predicted molar refractivity (Wildman–Crippen MR) is 77.5 cm³/mol. The third-order valence-electron chi connectivity index (χ3n) is 3.56. The van der Waals surface area contributed by atoms with Crippen LogP contribution in [0.3, 0.4) is 0 Å². The molecule has 0 bridgehead atoms. The second kappa shape index (κ2) is 6.58. The Labute approximate surface area is 118 Å². The van der Waals surface area contributed by atoms with Gasteiger partial charge in [0.1, 0.15) is 11.9 Å². The van der Waals surface area contributed by atoms with Crippen LogP contribution in [0.25, 0.3) is 0 Å². The Morgan fingerprint density at radius 1 is 1.28 bits per heavy atom. The summed E-state index contributed by atoms with van der Waals surface area (Å²) in [6, 6.07) is 6.38. The predicted octanol–water partition coefficient (Wildman–Crippen LogP) is 4.23. The van der Waals surface area contributed by atoms with Gasteiger partial charge in [0.2, 0.25) is 0 Å².